The molecule has 0 spiro atoms. The van der Waals surface area contributed by atoms with E-state index in [0.717, 1.165) is 23.9 Å². The van der Waals surface area contributed by atoms with Gasteiger partial charge in [-0.25, -0.2) is 9.97 Å². The number of rotatable bonds is 7. The molecule has 8 heteroatoms. The molecule has 1 atom stereocenters. The van der Waals surface area contributed by atoms with Crippen molar-refractivity contribution in [3.05, 3.63) is 38.2 Å². The second kappa shape index (κ2) is 8.04. The molecule has 0 bridgehead atoms. The van der Waals surface area contributed by atoms with Gasteiger partial charge in [0, 0.05) is 22.8 Å². The summed E-state index contributed by atoms with van der Waals surface area (Å²) in [4.78, 5) is 35.0. The lowest BCUT2D eigenvalue weighted by Gasteiger charge is -2.05. The third kappa shape index (κ3) is 4.74. The van der Waals surface area contributed by atoms with Crippen LogP contribution in [-0.4, -0.2) is 26.5 Å². The topological polar surface area (TPSA) is 99.5 Å². The number of aromatic amines is 1. The Labute approximate surface area is 142 Å². The van der Waals surface area contributed by atoms with E-state index in [0.29, 0.717) is 22.3 Å². The van der Waals surface area contributed by atoms with Crippen molar-refractivity contribution >= 4 is 28.9 Å². The van der Waals surface area contributed by atoms with Crippen LogP contribution in [0.25, 0.3) is 0 Å². The van der Waals surface area contributed by atoms with Crippen molar-refractivity contribution < 1.29 is 4.79 Å². The lowest BCUT2D eigenvalue weighted by molar-refractivity contribution is -0.116. The van der Waals surface area contributed by atoms with E-state index in [4.69, 9.17) is 0 Å². The fourth-order valence-corrected chi connectivity index (χ4v) is 3.59. The minimum Gasteiger partial charge on any atom is -0.301 e. The maximum atomic E-state index is 12.3. The first kappa shape index (κ1) is 17.4. The molecule has 23 heavy (non-hydrogen) atoms. The Hall–Kier alpha value is -1.98. The standard InChI is InChI=1S/C15H16N4O2S2/c1-3-4-10-5-13(21)19-15(18-10)23-8-12(20)11(6-16)14-17-9(2)7-22-14/h5,7,11H,3-4,8H2,1-2H3,(H,18,19,21)/t11-/m1/s1. The number of Topliss-reactive ketones (excluding diaryl/α,β-unsaturated/α-hetero) is 1. The van der Waals surface area contributed by atoms with Gasteiger partial charge in [0.25, 0.3) is 5.56 Å². The number of hydrogen-bond acceptors (Lipinski definition) is 7. The summed E-state index contributed by atoms with van der Waals surface area (Å²) >= 11 is 2.44. The van der Waals surface area contributed by atoms with Crippen molar-refractivity contribution in [2.45, 2.75) is 37.8 Å². The molecule has 0 saturated carbocycles. The zero-order valence-electron chi connectivity index (χ0n) is 12.8. The molecule has 2 aromatic heterocycles. The van der Waals surface area contributed by atoms with Gasteiger partial charge in [-0.3, -0.25) is 9.59 Å². The second-order valence-corrected chi connectivity index (χ2v) is 6.79. The number of aryl methyl sites for hydroxylation is 2. The molecule has 0 aromatic carbocycles. The summed E-state index contributed by atoms with van der Waals surface area (Å²) in [7, 11) is 0. The van der Waals surface area contributed by atoms with Gasteiger partial charge in [0.05, 0.1) is 11.8 Å². The van der Waals surface area contributed by atoms with Crippen LogP contribution >= 0.6 is 23.1 Å². The van der Waals surface area contributed by atoms with Crippen LogP contribution in [0.15, 0.2) is 21.4 Å². The molecular weight excluding hydrogens is 332 g/mol. The lowest BCUT2D eigenvalue weighted by atomic mass is 10.1. The van der Waals surface area contributed by atoms with Crippen molar-refractivity contribution in [1.29, 1.82) is 5.26 Å². The zero-order valence-corrected chi connectivity index (χ0v) is 14.5. The van der Waals surface area contributed by atoms with Crippen LogP contribution in [0.3, 0.4) is 0 Å². The highest BCUT2D eigenvalue weighted by Gasteiger charge is 2.23. The molecule has 0 unspecified atom stereocenters. The molecular formula is C15H16N4O2S2. The molecule has 0 aliphatic carbocycles. The highest BCUT2D eigenvalue weighted by molar-refractivity contribution is 7.99. The maximum absolute atomic E-state index is 12.3. The van der Waals surface area contributed by atoms with Gasteiger partial charge < -0.3 is 4.98 Å². The number of nitrogens with one attached hydrogen (secondary N) is 1. The Morgan fingerprint density at radius 1 is 1.52 bits per heavy atom. The summed E-state index contributed by atoms with van der Waals surface area (Å²) in [6.45, 7) is 3.83. The normalized spacial score (nSPS) is 11.9. The van der Waals surface area contributed by atoms with E-state index < -0.39 is 5.92 Å². The fourth-order valence-electron chi connectivity index (χ4n) is 1.93. The van der Waals surface area contributed by atoms with Crippen LogP contribution in [-0.2, 0) is 11.2 Å². The van der Waals surface area contributed by atoms with Gasteiger partial charge in [0.15, 0.2) is 16.9 Å². The van der Waals surface area contributed by atoms with E-state index in [1.165, 1.54) is 17.4 Å². The Morgan fingerprint density at radius 2 is 2.30 bits per heavy atom. The summed E-state index contributed by atoms with van der Waals surface area (Å²) in [6, 6.07) is 3.47. The Kier molecular flexibility index (Phi) is 6.07. The number of carbonyl (C=O) groups excluding carboxylic acids is 1. The highest BCUT2D eigenvalue weighted by Crippen LogP contribution is 2.23. The lowest BCUT2D eigenvalue weighted by Crippen LogP contribution is -2.15. The van der Waals surface area contributed by atoms with Crippen LogP contribution in [0.2, 0.25) is 0 Å². The Balaban J connectivity index is 2.06. The second-order valence-electron chi connectivity index (χ2n) is 4.94. The molecule has 0 amide bonds. The van der Waals surface area contributed by atoms with Gasteiger partial charge in [-0.15, -0.1) is 11.3 Å². The predicted octanol–water partition coefficient (Wildman–Crippen LogP) is 2.46. The largest absolute Gasteiger partial charge is 0.301 e. The van der Waals surface area contributed by atoms with E-state index in [9.17, 15) is 14.9 Å². The number of H-pyrrole nitrogens is 1. The maximum Gasteiger partial charge on any atom is 0.251 e. The molecule has 0 saturated heterocycles. The quantitative estimate of drug-likeness (QED) is 0.609. The number of aromatic nitrogens is 3. The molecule has 120 valence electrons. The van der Waals surface area contributed by atoms with Crippen LogP contribution in [0.5, 0.6) is 0 Å². The van der Waals surface area contributed by atoms with Gasteiger partial charge in [-0.1, -0.05) is 25.1 Å². The summed E-state index contributed by atoms with van der Waals surface area (Å²) in [5, 5.41) is 12.0. The van der Waals surface area contributed by atoms with Crippen molar-refractivity contribution in [3.8, 4) is 6.07 Å². The van der Waals surface area contributed by atoms with Crippen molar-refractivity contribution in [1.82, 2.24) is 15.0 Å². The molecule has 2 heterocycles. The highest BCUT2D eigenvalue weighted by atomic mass is 32.2. The number of thioether (sulfide) groups is 1. The minimum atomic E-state index is -0.869. The van der Waals surface area contributed by atoms with Crippen LogP contribution < -0.4 is 5.56 Å². The van der Waals surface area contributed by atoms with Crippen molar-refractivity contribution in [3.63, 3.8) is 0 Å². The van der Waals surface area contributed by atoms with Gasteiger partial charge in [-0.2, -0.15) is 5.26 Å². The van der Waals surface area contributed by atoms with Crippen LogP contribution in [0.4, 0.5) is 0 Å². The third-order valence-electron chi connectivity index (χ3n) is 2.97. The third-order valence-corrected chi connectivity index (χ3v) is 4.89. The number of nitrogens with zero attached hydrogens (tertiary/aromatic N) is 3. The molecule has 0 aliphatic rings. The first-order valence-electron chi connectivity index (χ1n) is 7.11. The van der Waals surface area contributed by atoms with E-state index in [1.807, 2.05) is 25.3 Å². The summed E-state index contributed by atoms with van der Waals surface area (Å²) in [6.07, 6.45) is 1.60. The van der Waals surface area contributed by atoms with Gasteiger partial charge in [0.2, 0.25) is 0 Å². The molecule has 2 aromatic rings. The first-order valence-corrected chi connectivity index (χ1v) is 8.97. The van der Waals surface area contributed by atoms with Gasteiger partial charge in [0.1, 0.15) is 5.01 Å². The average Bonchev–Trinajstić information content (AvgIpc) is 2.92. The minimum absolute atomic E-state index is 0.0649. The van der Waals surface area contributed by atoms with E-state index in [2.05, 4.69) is 15.0 Å². The molecule has 0 radical (unpaired) electrons. The molecule has 6 nitrogen and oxygen atoms in total. The molecule has 0 aliphatic heterocycles. The Bertz CT molecular complexity index is 791. The Morgan fingerprint density at radius 3 is 2.91 bits per heavy atom. The predicted molar refractivity (Wildman–Crippen MR) is 89.8 cm³/mol. The zero-order chi connectivity index (χ0) is 16.8. The summed E-state index contributed by atoms with van der Waals surface area (Å²) in [5.41, 5.74) is 1.27. The first-order chi connectivity index (χ1) is 11.0. The van der Waals surface area contributed by atoms with Crippen LogP contribution in [0, 0.1) is 18.3 Å². The molecule has 0 fully saturated rings. The average molecular weight is 348 g/mol. The smallest absolute Gasteiger partial charge is 0.251 e. The van der Waals surface area contributed by atoms with Crippen molar-refractivity contribution in [2.24, 2.45) is 0 Å². The fraction of sp³-hybridized carbons (Fsp3) is 0.400. The van der Waals surface area contributed by atoms with Gasteiger partial charge >= 0.3 is 0 Å². The molecule has 1 N–H and O–H groups in total. The number of thiazole rings is 1. The van der Waals surface area contributed by atoms with Crippen LogP contribution in [0.1, 0.15) is 35.7 Å². The van der Waals surface area contributed by atoms with E-state index in [1.54, 1.807) is 0 Å². The number of ketones is 1. The van der Waals surface area contributed by atoms with E-state index >= 15 is 0 Å². The SMILES string of the molecule is CCCc1cc(=O)[nH]c(SCC(=O)[C@@H](C#N)c2nc(C)cs2)n1. The number of nitriles is 1. The van der Waals surface area contributed by atoms with Gasteiger partial charge in [-0.05, 0) is 13.3 Å². The van der Waals surface area contributed by atoms with Crippen molar-refractivity contribution in [2.75, 3.05) is 5.75 Å². The monoisotopic (exact) mass is 348 g/mol. The number of hydrogen-bond donors (Lipinski definition) is 1. The van der Waals surface area contributed by atoms with E-state index in [-0.39, 0.29) is 17.1 Å². The summed E-state index contributed by atoms with van der Waals surface area (Å²) < 4.78 is 0. The molecule has 2 rings (SSSR count). The summed E-state index contributed by atoms with van der Waals surface area (Å²) in [5.74, 6) is -1.04. The number of carbonyl (C=O) groups is 1.